The second-order valence-corrected chi connectivity index (χ2v) is 9.17. The zero-order valence-electron chi connectivity index (χ0n) is 18.2. The molecule has 0 saturated carbocycles. The Morgan fingerprint density at radius 2 is 1.97 bits per heavy atom. The van der Waals surface area contributed by atoms with Gasteiger partial charge in [-0.3, -0.25) is 19.5 Å². The number of nitrogens with one attached hydrogen (secondary N) is 1. The number of likely N-dealkylation sites (tertiary alicyclic amines) is 2. The van der Waals surface area contributed by atoms with Gasteiger partial charge in [-0.2, -0.15) is 0 Å². The maximum Gasteiger partial charge on any atom is 0.228 e. The second-order valence-electron chi connectivity index (χ2n) is 9.17. The minimum absolute atomic E-state index is 0.0547. The van der Waals surface area contributed by atoms with E-state index in [1.54, 1.807) is 12.4 Å². The molecule has 2 saturated heterocycles. The molecular formula is C23H36N4O2. The molecule has 1 aromatic rings. The first-order valence-electron chi connectivity index (χ1n) is 11.1. The maximum atomic E-state index is 12.7. The van der Waals surface area contributed by atoms with E-state index in [1.165, 1.54) is 0 Å². The fourth-order valence-electron chi connectivity index (χ4n) is 4.40. The van der Waals surface area contributed by atoms with Gasteiger partial charge < -0.3 is 10.2 Å². The van der Waals surface area contributed by atoms with Crippen LogP contribution in [0, 0.1) is 11.3 Å². The summed E-state index contributed by atoms with van der Waals surface area (Å²) in [4.78, 5) is 34.0. The van der Waals surface area contributed by atoms with Gasteiger partial charge in [-0.1, -0.05) is 26.8 Å². The average molecular weight is 401 g/mol. The van der Waals surface area contributed by atoms with Gasteiger partial charge >= 0.3 is 0 Å². The Morgan fingerprint density at radius 1 is 1.21 bits per heavy atom. The summed E-state index contributed by atoms with van der Waals surface area (Å²) in [6.45, 7) is 10.3. The van der Waals surface area contributed by atoms with Crippen LogP contribution >= 0.6 is 0 Å². The van der Waals surface area contributed by atoms with Crippen molar-refractivity contribution in [3.05, 3.63) is 30.1 Å². The molecule has 1 N–H and O–H groups in total. The lowest BCUT2D eigenvalue weighted by Crippen LogP contribution is -2.53. The summed E-state index contributed by atoms with van der Waals surface area (Å²) < 4.78 is 0. The standard InChI is InChI=1S/C23H36N4O2/c1-4-23(2,3)22(29)26-13-9-20(10-14-26)27-12-6-8-19(17-27)21(28)25-16-18-7-5-11-24-15-18/h5,7,11,15,19-20H,4,6,8-10,12-14,16-17H2,1-3H3,(H,25,28)/t19-/m0/s1. The summed E-state index contributed by atoms with van der Waals surface area (Å²) >= 11 is 0. The summed E-state index contributed by atoms with van der Waals surface area (Å²) in [6, 6.07) is 4.36. The molecule has 2 aliphatic rings. The van der Waals surface area contributed by atoms with Crippen molar-refractivity contribution in [2.75, 3.05) is 26.2 Å². The second kappa shape index (κ2) is 9.70. The fourth-order valence-corrected chi connectivity index (χ4v) is 4.40. The molecule has 2 aliphatic heterocycles. The topological polar surface area (TPSA) is 65.5 Å². The monoisotopic (exact) mass is 400 g/mol. The largest absolute Gasteiger partial charge is 0.352 e. The van der Waals surface area contributed by atoms with E-state index in [2.05, 4.69) is 22.1 Å². The molecule has 6 nitrogen and oxygen atoms in total. The molecule has 1 aromatic heterocycles. The summed E-state index contributed by atoms with van der Waals surface area (Å²) in [6.07, 6.45) is 8.44. The summed E-state index contributed by atoms with van der Waals surface area (Å²) in [5, 5.41) is 3.08. The van der Waals surface area contributed by atoms with Crippen LogP contribution in [0.1, 0.15) is 58.4 Å². The predicted octanol–water partition coefficient (Wildman–Crippen LogP) is 2.84. The Hall–Kier alpha value is -1.95. The Balaban J connectivity index is 1.47. The van der Waals surface area contributed by atoms with E-state index in [1.807, 2.05) is 30.9 Å². The van der Waals surface area contributed by atoms with Crippen molar-refractivity contribution >= 4 is 11.8 Å². The molecule has 0 aromatic carbocycles. The van der Waals surface area contributed by atoms with Crippen LogP contribution in [0.4, 0.5) is 0 Å². The van der Waals surface area contributed by atoms with Crippen LogP contribution < -0.4 is 5.32 Å². The van der Waals surface area contributed by atoms with Crippen LogP contribution in [0.25, 0.3) is 0 Å². The smallest absolute Gasteiger partial charge is 0.228 e. The van der Waals surface area contributed by atoms with Crippen molar-refractivity contribution in [3.63, 3.8) is 0 Å². The lowest BCUT2D eigenvalue weighted by molar-refractivity contribution is -0.142. The highest BCUT2D eigenvalue weighted by molar-refractivity contribution is 5.82. The number of pyridine rings is 1. The number of hydrogen-bond acceptors (Lipinski definition) is 4. The highest BCUT2D eigenvalue weighted by atomic mass is 16.2. The number of piperidine rings is 2. The van der Waals surface area contributed by atoms with E-state index in [9.17, 15) is 9.59 Å². The van der Waals surface area contributed by atoms with Gasteiger partial charge in [0.15, 0.2) is 0 Å². The number of carbonyl (C=O) groups is 2. The molecule has 2 fully saturated rings. The van der Waals surface area contributed by atoms with Gasteiger partial charge in [0.2, 0.25) is 11.8 Å². The van der Waals surface area contributed by atoms with E-state index in [-0.39, 0.29) is 23.1 Å². The molecule has 0 aliphatic carbocycles. The number of nitrogens with zero attached hydrogens (tertiary/aromatic N) is 3. The minimum Gasteiger partial charge on any atom is -0.352 e. The number of rotatable bonds is 6. The van der Waals surface area contributed by atoms with E-state index >= 15 is 0 Å². The lowest BCUT2D eigenvalue weighted by Gasteiger charge is -2.43. The van der Waals surface area contributed by atoms with Crippen LogP contribution in [0.3, 0.4) is 0 Å². The Bertz CT molecular complexity index is 683. The number of aromatic nitrogens is 1. The van der Waals surface area contributed by atoms with Crippen molar-refractivity contribution in [3.8, 4) is 0 Å². The molecule has 0 unspecified atom stereocenters. The van der Waals surface area contributed by atoms with Gasteiger partial charge in [0, 0.05) is 50.0 Å². The Kier molecular flexibility index (Phi) is 7.28. The normalized spacial score (nSPS) is 21.8. The first-order valence-corrected chi connectivity index (χ1v) is 11.1. The average Bonchev–Trinajstić information content (AvgIpc) is 2.77. The van der Waals surface area contributed by atoms with E-state index < -0.39 is 0 Å². The van der Waals surface area contributed by atoms with Crippen LogP contribution in [0.15, 0.2) is 24.5 Å². The third-order valence-electron chi connectivity index (χ3n) is 6.74. The summed E-state index contributed by atoms with van der Waals surface area (Å²) in [5.41, 5.74) is 0.760. The lowest BCUT2D eigenvalue weighted by atomic mass is 9.87. The van der Waals surface area contributed by atoms with E-state index in [0.717, 1.165) is 63.8 Å². The fraction of sp³-hybridized carbons (Fsp3) is 0.696. The number of carbonyl (C=O) groups excluding carboxylic acids is 2. The maximum absolute atomic E-state index is 12.7. The number of amides is 2. The zero-order valence-corrected chi connectivity index (χ0v) is 18.2. The van der Waals surface area contributed by atoms with Gasteiger partial charge in [0.25, 0.3) is 0 Å². The van der Waals surface area contributed by atoms with E-state index in [0.29, 0.717) is 12.6 Å². The van der Waals surface area contributed by atoms with Crippen LogP contribution in [0.2, 0.25) is 0 Å². The van der Waals surface area contributed by atoms with Crippen LogP contribution in [-0.4, -0.2) is 58.8 Å². The molecule has 2 amide bonds. The zero-order chi connectivity index (χ0) is 20.9. The van der Waals surface area contributed by atoms with E-state index in [4.69, 9.17) is 0 Å². The molecular weight excluding hydrogens is 364 g/mol. The third kappa shape index (κ3) is 5.56. The van der Waals surface area contributed by atoms with Gasteiger partial charge in [0.05, 0.1) is 5.92 Å². The predicted molar refractivity (Wildman–Crippen MR) is 114 cm³/mol. The summed E-state index contributed by atoms with van der Waals surface area (Å²) in [5.74, 6) is 0.486. The number of hydrogen-bond donors (Lipinski definition) is 1. The first-order chi connectivity index (χ1) is 13.9. The van der Waals surface area contributed by atoms with Crippen molar-refractivity contribution in [2.45, 2.75) is 65.5 Å². The molecule has 0 bridgehead atoms. The van der Waals surface area contributed by atoms with Gasteiger partial charge in [-0.25, -0.2) is 0 Å². The molecule has 0 spiro atoms. The highest BCUT2D eigenvalue weighted by Crippen LogP contribution is 2.28. The van der Waals surface area contributed by atoms with Crippen molar-refractivity contribution < 1.29 is 9.59 Å². The van der Waals surface area contributed by atoms with Crippen molar-refractivity contribution in [2.24, 2.45) is 11.3 Å². The van der Waals surface area contributed by atoms with Gasteiger partial charge in [0.1, 0.15) is 0 Å². The Labute approximate surface area is 175 Å². The molecule has 29 heavy (non-hydrogen) atoms. The Morgan fingerprint density at radius 3 is 2.62 bits per heavy atom. The SMILES string of the molecule is CCC(C)(C)C(=O)N1CCC(N2CCC[C@H](C(=O)NCc3cccnc3)C2)CC1. The van der Waals surface area contributed by atoms with Crippen LogP contribution in [0.5, 0.6) is 0 Å². The highest BCUT2D eigenvalue weighted by Gasteiger charge is 2.35. The molecule has 3 rings (SSSR count). The molecule has 1 atom stereocenters. The molecule has 6 heteroatoms. The van der Waals surface area contributed by atoms with Gasteiger partial charge in [-0.15, -0.1) is 0 Å². The molecule has 0 radical (unpaired) electrons. The third-order valence-corrected chi connectivity index (χ3v) is 6.74. The first kappa shape index (κ1) is 21.8. The molecule has 160 valence electrons. The van der Waals surface area contributed by atoms with Gasteiger partial charge in [-0.05, 0) is 50.3 Å². The summed E-state index contributed by atoms with van der Waals surface area (Å²) in [7, 11) is 0. The van der Waals surface area contributed by atoms with Crippen LogP contribution in [-0.2, 0) is 16.1 Å². The quantitative estimate of drug-likeness (QED) is 0.797. The molecule has 3 heterocycles. The minimum atomic E-state index is -0.268. The van der Waals surface area contributed by atoms with Crippen molar-refractivity contribution in [1.82, 2.24) is 20.1 Å². The van der Waals surface area contributed by atoms with Crippen molar-refractivity contribution in [1.29, 1.82) is 0 Å².